The van der Waals surface area contributed by atoms with Gasteiger partial charge in [0.05, 0.1) is 5.60 Å². The van der Waals surface area contributed by atoms with Crippen molar-refractivity contribution in [2.24, 2.45) is 0 Å². The van der Waals surface area contributed by atoms with E-state index in [1.54, 1.807) is 19.1 Å². The molecule has 0 saturated carbocycles. The van der Waals surface area contributed by atoms with Gasteiger partial charge in [0, 0.05) is 31.5 Å². The standard InChI is InChI=1S/C24H39N3O4/c1-7-12-24(31)18(5)26(8-2)14-13-23(24,20-15-19(28)11-10-17(20)4)16-21(29)27(9-3)22(30)25-6/h10-11,15,18,28,31H,7-9,12-14,16H2,1-6H3,(H,25,30). The van der Waals surface area contributed by atoms with Gasteiger partial charge in [-0.3, -0.25) is 14.6 Å². The fourth-order valence-electron chi connectivity index (χ4n) is 5.46. The van der Waals surface area contributed by atoms with Crippen molar-refractivity contribution in [3.05, 3.63) is 29.3 Å². The smallest absolute Gasteiger partial charge is 0.323 e. The molecule has 3 amide bonds. The van der Waals surface area contributed by atoms with Gasteiger partial charge in [-0.15, -0.1) is 0 Å². The van der Waals surface area contributed by atoms with E-state index < -0.39 is 17.0 Å². The van der Waals surface area contributed by atoms with Gasteiger partial charge in [-0.1, -0.05) is 26.3 Å². The van der Waals surface area contributed by atoms with E-state index in [1.165, 1.54) is 11.9 Å². The molecule has 3 N–H and O–H groups in total. The number of imide groups is 1. The Labute approximate surface area is 186 Å². The Morgan fingerprint density at radius 3 is 2.52 bits per heavy atom. The van der Waals surface area contributed by atoms with Crippen LogP contribution < -0.4 is 5.32 Å². The van der Waals surface area contributed by atoms with E-state index in [0.717, 1.165) is 30.6 Å². The number of aryl methyl sites for hydroxylation is 1. The van der Waals surface area contributed by atoms with Crippen LogP contribution in [0.2, 0.25) is 0 Å². The van der Waals surface area contributed by atoms with Crippen LogP contribution in [0.15, 0.2) is 18.2 Å². The lowest BCUT2D eigenvalue weighted by atomic mass is 9.56. The summed E-state index contributed by atoms with van der Waals surface area (Å²) < 4.78 is 0. The number of piperidine rings is 1. The van der Waals surface area contributed by atoms with Gasteiger partial charge in [0.2, 0.25) is 5.91 Å². The van der Waals surface area contributed by atoms with Crippen molar-refractivity contribution >= 4 is 11.9 Å². The lowest BCUT2D eigenvalue weighted by Gasteiger charge is -2.58. The Hall–Kier alpha value is -2.12. The number of nitrogens with zero attached hydrogens (tertiary/aromatic N) is 2. The number of phenols is 1. The van der Waals surface area contributed by atoms with Crippen LogP contribution in [0.25, 0.3) is 0 Å². The number of likely N-dealkylation sites (N-methyl/N-ethyl adjacent to an activating group) is 1. The molecule has 1 aromatic rings. The maximum absolute atomic E-state index is 13.4. The molecule has 1 fully saturated rings. The minimum atomic E-state index is -1.20. The lowest BCUT2D eigenvalue weighted by Crippen LogP contribution is -2.68. The van der Waals surface area contributed by atoms with E-state index in [-0.39, 0.29) is 30.7 Å². The number of amides is 3. The number of benzene rings is 1. The molecule has 1 aliphatic heterocycles. The first-order valence-corrected chi connectivity index (χ1v) is 11.4. The van der Waals surface area contributed by atoms with Crippen LogP contribution in [0.3, 0.4) is 0 Å². The van der Waals surface area contributed by atoms with Crippen molar-refractivity contribution in [2.75, 3.05) is 26.7 Å². The number of aliphatic hydroxyl groups is 1. The number of carbonyl (C=O) groups excluding carboxylic acids is 2. The normalized spacial score (nSPS) is 26.5. The molecule has 1 aromatic carbocycles. The number of rotatable bonds is 7. The van der Waals surface area contributed by atoms with Crippen LogP contribution >= 0.6 is 0 Å². The average molecular weight is 434 g/mol. The molecule has 1 heterocycles. The molecule has 7 nitrogen and oxygen atoms in total. The molecule has 0 bridgehead atoms. The molecular weight excluding hydrogens is 394 g/mol. The molecule has 3 unspecified atom stereocenters. The summed E-state index contributed by atoms with van der Waals surface area (Å²) in [5.41, 5.74) is -0.422. The zero-order valence-corrected chi connectivity index (χ0v) is 19.9. The van der Waals surface area contributed by atoms with Gasteiger partial charge in [0.15, 0.2) is 0 Å². The van der Waals surface area contributed by atoms with Crippen molar-refractivity contribution in [2.45, 2.75) is 77.4 Å². The van der Waals surface area contributed by atoms with Crippen molar-refractivity contribution in [1.29, 1.82) is 0 Å². The third-order valence-corrected chi connectivity index (χ3v) is 7.20. The fraction of sp³-hybridized carbons (Fsp3) is 0.667. The first-order chi connectivity index (χ1) is 14.6. The zero-order valence-electron chi connectivity index (χ0n) is 19.9. The number of nitrogens with one attached hydrogen (secondary N) is 1. The van der Waals surface area contributed by atoms with Gasteiger partial charge >= 0.3 is 6.03 Å². The number of hydrogen-bond acceptors (Lipinski definition) is 5. The Balaban J connectivity index is 2.72. The number of phenolic OH excluding ortho intramolecular Hbond substituents is 1. The van der Waals surface area contributed by atoms with Crippen LogP contribution in [0, 0.1) is 6.92 Å². The summed E-state index contributed by atoms with van der Waals surface area (Å²) in [5.74, 6) is -0.216. The minimum Gasteiger partial charge on any atom is -0.508 e. The van der Waals surface area contributed by atoms with Crippen LogP contribution in [-0.4, -0.2) is 70.3 Å². The van der Waals surface area contributed by atoms with Gasteiger partial charge < -0.3 is 15.5 Å². The summed E-state index contributed by atoms with van der Waals surface area (Å²) in [7, 11) is 1.50. The summed E-state index contributed by atoms with van der Waals surface area (Å²) in [5, 5.41) is 25.2. The first kappa shape index (κ1) is 25.1. The summed E-state index contributed by atoms with van der Waals surface area (Å²) in [4.78, 5) is 29.2. The van der Waals surface area contributed by atoms with Crippen molar-refractivity contribution in [1.82, 2.24) is 15.1 Å². The maximum atomic E-state index is 13.4. The van der Waals surface area contributed by atoms with Crippen LogP contribution in [0.1, 0.15) is 64.5 Å². The monoisotopic (exact) mass is 433 g/mol. The molecule has 1 saturated heterocycles. The van der Waals surface area contributed by atoms with Gasteiger partial charge in [-0.05, 0) is 70.0 Å². The third-order valence-electron chi connectivity index (χ3n) is 7.20. The number of aromatic hydroxyl groups is 1. The Morgan fingerprint density at radius 2 is 1.97 bits per heavy atom. The van der Waals surface area contributed by atoms with Gasteiger partial charge in [-0.2, -0.15) is 0 Å². The predicted molar refractivity (Wildman–Crippen MR) is 122 cm³/mol. The van der Waals surface area contributed by atoms with E-state index in [4.69, 9.17) is 0 Å². The van der Waals surface area contributed by atoms with Gasteiger partial charge in [-0.25, -0.2) is 4.79 Å². The Bertz CT molecular complexity index is 799. The number of carbonyl (C=O) groups is 2. The van der Waals surface area contributed by atoms with Gasteiger partial charge in [0.25, 0.3) is 0 Å². The molecule has 174 valence electrons. The second-order valence-electron chi connectivity index (χ2n) is 8.68. The average Bonchev–Trinajstić information content (AvgIpc) is 2.74. The molecular formula is C24H39N3O4. The van der Waals surface area contributed by atoms with Crippen LogP contribution in [0.4, 0.5) is 4.79 Å². The molecule has 31 heavy (non-hydrogen) atoms. The van der Waals surface area contributed by atoms with E-state index in [2.05, 4.69) is 17.1 Å². The second kappa shape index (κ2) is 10.0. The molecule has 7 heteroatoms. The largest absolute Gasteiger partial charge is 0.508 e. The number of hydrogen-bond donors (Lipinski definition) is 3. The number of urea groups is 1. The highest BCUT2D eigenvalue weighted by Crippen LogP contribution is 2.52. The summed E-state index contributed by atoms with van der Waals surface area (Å²) >= 11 is 0. The highest BCUT2D eigenvalue weighted by Gasteiger charge is 2.59. The minimum absolute atomic E-state index is 0.00303. The third kappa shape index (κ3) is 4.44. The predicted octanol–water partition coefficient (Wildman–Crippen LogP) is 3.16. The second-order valence-corrected chi connectivity index (χ2v) is 8.68. The summed E-state index contributed by atoms with van der Waals surface area (Å²) in [6.45, 7) is 11.6. The molecule has 2 rings (SSSR count). The maximum Gasteiger partial charge on any atom is 0.323 e. The summed E-state index contributed by atoms with van der Waals surface area (Å²) in [6.07, 6.45) is 1.82. The summed E-state index contributed by atoms with van der Waals surface area (Å²) in [6, 6.07) is 4.51. The van der Waals surface area contributed by atoms with Gasteiger partial charge in [0.1, 0.15) is 5.75 Å². The van der Waals surface area contributed by atoms with Crippen molar-refractivity contribution < 1.29 is 19.8 Å². The molecule has 3 atom stereocenters. The quantitative estimate of drug-likeness (QED) is 0.614. The van der Waals surface area contributed by atoms with Crippen molar-refractivity contribution in [3.8, 4) is 5.75 Å². The first-order valence-electron chi connectivity index (χ1n) is 11.4. The molecule has 0 aliphatic carbocycles. The molecule has 1 aliphatic rings. The van der Waals surface area contributed by atoms with Crippen LogP contribution in [0.5, 0.6) is 5.75 Å². The van der Waals surface area contributed by atoms with E-state index >= 15 is 0 Å². The lowest BCUT2D eigenvalue weighted by molar-refractivity contribution is -0.154. The molecule has 0 radical (unpaired) electrons. The molecule has 0 aromatic heterocycles. The topological polar surface area (TPSA) is 93.1 Å². The van der Waals surface area contributed by atoms with Crippen LogP contribution in [-0.2, 0) is 10.2 Å². The number of likely N-dealkylation sites (tertiary alicyclic amines) is 1. The van der Waals surface area contributed by atoms with E-state index in [1.807, 2.05) is 26.8 Å². The van der Waals surface area contributed by atoms with E-state index in [0.29, 0.717) is 12.8 Å². The van der Waals surface area contributed by atoms with Crippen molar-refractivity contribution in [3.63, 3.8) is 0 Å². The Kier molecular flexibility index (Phi) is 8.11. The van der Waals surface area contributed by atoms with E-state index in [9.17, 15) is 19.8 Å². The SMILES string of the molecule is CCCC1(O)C(C)N(CC)CCC1(CC(=O)N(CC)C(=O)NC)c1cc(O)ccc1C. The highest BCUT2D eigenvalue weighted by atomic mass is 16.3. The highest BCUT2D eigenvalue weighted by molar-refractivity contribution is 5.95. The molecule has 0 spiro atoms. The Morgan fingerprint density at radius 1 is 1.29 bits per heavy atom. The fourth-order valence-corrected chi connectivity index (χ4v) is 5.46. The zero-order chi connectivity index (χ0) is 23.4.